The molecule has 0 atom stereocenters. The lowest BCUT2D eigenvalue weighted by Gasteiger charge is -2.19. The minimum Gasteiger partial charge on any atom is -0.496 e. The number of rotatable bonds is 9. The summed E-state index contributed by atoms with van der Waals surface area (Å²) >= 11 is 0. The van der Waals surface area contributed by atoms with E-state index in [1.165, 1.54) is 0 Å². The third kappa shape index (κ3) is 5.48. The molecule has 0 radical (unpaired) electrons. The number of para-hydroxylation sites is 1. The van der Waals surface area contributed by atoms with Gasteiger partial charge in [-0.1, -0.05) is 31.5 Å². The molecule has 0 aliphatic rings. The molecule has 0 saturated carbocycles. The van der Waals surface area contributed by atoms with Gasteiger partial charge in [-0.15, -0.1) is 0 Å². The highest BCUT2D eigenvalue weighted by molar-refractivity contribution is 5.94. The van der Waals surface area contributed by atoms with E-state index >= 15 is 0 Å². The zero-order valence-electron chi connectivity index (χ0n) is 15.3. The predicted molar refractivity (Wildman–Crippen MR) is 101 cm³/mol. The van der Waals surface area contributed by atoms with Crippen molar-refractivity contribution in [2.45, 2.75) is 26.2 Å². The fourth-order valence-corrected chi connectivity index (χ4v) is 2.61. The summed E-state index contributed by atoms with van der Waals surface area (Å²) in [6.07, 6.45) is 6.38. The normalized spacial score (nSPS) is 10.4. The van der Waals surface area contributed by atoms with E-state index in [1.807, 2.05) is 37.4 Å². The van der Waals surface area contributed by atoms with Crippen molar-refractivity contribution >= 4 is 11.6 Å². The van der Waals surface area contributed by atoms with Gasteiger partial charge in [0.2, 0.25) is 0 Å². The quantitative estimate of drug-likeness (QED) is 0.760. The number of hydrogen-bond donors (Lipinski definition) is 1. The first-order valence-electron chi connectivity index (χ1n) is 8.72. The molecule has 0 aliphatic carbocycles. The average Bonchev–Trinajstić information content (AvgIpc) is 2.66. The highest BCUT2D eigenvalue weighted by Crippen LogP contribution is 2.17. The van der Waals surface area contributed by atoms with E-state index < -0.39 is 0 Å². The summed E-state index contributed by atoms with van der Waals surface area (Å²) in [7, 11) is 3.68. The van der Waals surface area contributed by atoms with E-state index in [0.717, 1.165) is 42.8 Å². The number of unbranched alkanes of at least 4 members (excludes halogenated alkanes) is 1. The molecule has 5 heteroatoms. The van der Waals surface area contributed by atoms with E-state index in [4.69, 9.17) is 4.74 Å². The maximum Gasteiger partial charge on any atom is 0.252 e. The molecule has 1 amide bonds. The molecule has 25 heavy (non-hydrogen) atoms. The van der Waals surface area contributed by atoms with Gasteiger partial charge in [0.05, 0.1) is 24.6 Å². The Morgan fingerprint density at radius 3 is 2.84 bits per heavy atom. The summed E-state index contributed by atoms with van der Waals surface area (Å²) in [6.45, 7) is 3.67. The SMILES string of the molecule is CCCCN(C)c1cncc(C(=O)NCCc2ccccc2OC)c1. The highest BCUT2D eigenvalue weighted by atomic mass is 16.5. The molecule has 1 heterocycles. The Kier molecular flexibility index (Phi) is 7.26. The number of aromatic nitrogens is 1. The average molecular weight is 341 g/mol. The Labute approximate surface area is 150 Å². The van der Waals surface area contributed by atoms with Crippen molar-refractivity contribution in [2.75, 3.05) is 32.1 Å². The van der Waals surface area contributed by atoms with Crippen LogP contribution in [-0.4, -0.2) is 38.1 Å². The zero-order valence-corrected chi connectivity index (χ0v) is 15.3. The molecule has 0 spiro atoms. The van der Waals surface area contributed by atoms with Crippen molar-refractivity contribution in [3.05, 3.63) is 53.9 Å². The molecule has 0 aliphatic heterocycles. The monoisotopic (exact) mass is 341 g/mol. The molecule has 1 aromatic heterocycles. The van der Waals surface area contributed by atoms with Gasteiger partial charge in [0.25, 0.3) is 5.91 Å². The Morgan fingerprint density at radius 2 is 2.08 bits per heavy atom. The summed E-state index contributed by atoms with van der Waals surface area (Å²) < 4.78 is 5.33. The second-order valence-corrected chi connectivity index (χ2v) is 6.02. The number of pyridine rings is 1. The van der Waals surface area contributed by atoms with Crippen LogP contribution >= 0.6 is 0 Å². The number of methoxy groups -OCH3 is 1. The van der Waals surface area contributed by atoms with Crippen LogP contribution in [0.2, 0.25) is 0 Å². The molecule has 1 aromatic carbocycles. The van der Waals surface area contributed by atoms with Crippen molar-refractivity contribution in [1.82, 2.24) is 10.3 Å². The summed E-state index contributed by atoms with van der Waals surface area (Å²) in [5, 5.41) is 2.96. The van der Waals surface area contributed by atoms with Gasteiger partial charge in [-0.25, -0.2) is 0 Å². The molecule has 2 aromatic rings. The van der Waals surface area contributed by atoms with Crippen molar-refractivity contribution in [3.8, 4) is 5.75 Å². The number of hydrogen-bond acceptors (Lipinski definition) is 4. The van der Waals surface area contributed by atoms with Crippen molar-refractivity contribution in [2.24, 2.45) is 0 Å². The van der Waals surface area contributed by atoms with Gasteiger partial charge in [-0.2, -0.15) is 0 Å². The van der Waals surface area contributed by atoms with Gasteiger partial charge < -0.3 is 15.0 Å². The van der Waals surface area contributed by atoms with E-state index in [-0.39, 0.29) is 5.91 Å². The molecule has 1 N–H and O–H groups in total. The van der Waals surface area contributed by atoms with Crippen LogP contribution in [0.5, 0.6) is 5.75 Å². The Hall–Kier alpha value is -2.56. The molecule has 0 fully saturated rings. The Bertz CT molecular complexity index is 688. The number of benzene rings is 1. The molecule has 0 unspecified atom stereocenters. The van der Waals surface area contributed by atoms with Crippen LogP contribution in [0.15, 0.2) is 42.7 Å². The van der Waals surface area contributed by atoms with Crippen LogP contribution in [0.1, 0.15) is 35.7 Å². The number of nitrogens with zero attached hydrogens (tertiary/aromatic N) is 2. The highest BCUT2D eigenvalue weighted by Gasteiger charge is 2.09. The maximum atomic E-state index is 12.4. The Morgan fingerprint density at radius 1 is 1.28 bits per heavy atom. The van der Waals surface area contributed by atoms with Gasteiger partial charge in [0, 0.05) is 26.3 Å². The van der Waals surface area contributed by atoms with E-state index in [1.54, 1.807) is 19.5 Å². The number of anilines is 1. The second kappa shape index (κ2) is 9.67. The predicted octanol–water partition coefficient (Wildman–Crippen LogP) is 3.30. The first-order chi connectivity index (χ1) is 12.2. The second-order valence-electron chi connectivity index (χ2n) is 6.02. The van der Waals surface area contributed by atoms with Crippen LogP contribution in [-0.2, 0) is 6.42 Å². The van der Waals surface area contributed by atoms with Gasteiger partial charge in [-0.05, 0) is 30.5 Å². The van der Waals surface area contributed by atoms with Crippen molar-refractivity contribution < 1.29 is 9.53 Å². The lowest BCUT2D eigenvalue weighted by Crippen LogP contribution is -2.26. The Balaban J connectivity index is 1.92. The van der Waals surface area contributed by atoms with Gasteiger partial charge in [-0.3, -0.25) is 9.78 Å². The number of nitrogens with one attached hydrogen (secondary N) is 1. The van der Waals surface area contributed by atoms with E-state index in [2.05, 4.69) is 22.1 Å². The largest absolute Gasteiger partial charge is 0.496 e. The minimum absolute atomic E-state index is 0.104. The lowest BCUT2D eigenvalue weighted by atomic mass is 10.1. The number of amides is 1. The summed E-state index contributed by atoms with van der Waals surface area (Å²) in [5.74, 6) is 0.742. The topological polar surface area (TPSA) is 54.5 Å². The third-order valence-electron chi connectivity index (χ3n) is 4.15. The van der Waals surface area contributed by atoms with Crippen LogP contribution < -0.4 is 15.0 Å². The van der Waals surface area contributed by atoms with Crippen LogP contribution in [0.3, 0.4) is 0 Å². The maximum absolute atomic E-state index is 12.4. The number of carbonyl (C=O) groups excluding carboxylic acids is 1. The smallest absolute Gasteiger partial charge is 0.252 e. The van der Waals surface area contributed by atoms with E-state index in [0.29, 0.717) is 12.1 Å². The lowest BCUT2D eigenvalue weighted by molar-refractivity contribution is 0.0953. The number of carbonyl (C=O) groups is 1. The minimum atomic E-state index is -0.104. The molecule has 5 nitrogen and oxygen atoms in total. The first kappa shape index (κ1) is 18.8. The summed E-state index contributed by atoms with van der Waals surface area (Å²) in [4.78, 5) is 18.7. The fraction of sp³-hybridized carbons (Fsp3) is 0.400. The van der Waals surface area contributed by atoms with Crippen LogP contribution in [0.25, 0.3) is 0 Å². The van der Waals surface area contributed by atoms with Crippen molar-refractivity contribution in [1.29, 1.82) is 0 Å². The molecule has 0 saturated heterocycles. The first-order valence-corrected chi connectivity index (χ1v) is 8.72. The van der Waals surface area contributed by atoms with E-state index in [9.17, 15) is 4.79 Å². The third-order valence-corrected chi connectivity index (χ3v) is 4.15. The summed E-state index contributed by atoms with van der Waals surface area (Å²) in [5.41, 5.74) is 2.63. The van der Waals surface area contributed by atoms with Gasteiger partial charge in [0.15, 0.2) is 0 Å². The van der Waals surface area contributed by atoms with Gasteiger partial charge >= 0.3 is 0 Å². The van der Waals surface area contributed by atoms with Crippen LogP contribution in [0.4, 0.5) is 5.69 Å². The standard InChI is InChI=1S/C20H27N3O2/c1-4-5-12-23(2)18-13-17(14-21-15-18)20(24)22-11-10-16-8-6-7-9-19(16)25-3/h6-9,13-15H,4-5,10-12H2,1-3H3,(H,22,24). The van der Waals surface area contributed by atoms with Crippen LogP contribution in [0, 0.1) is 0 Å². The zero-order chi connectivity index (χ0) is 18.1. The number of ether oxygens (including phenoxy) is 1. The molecule has 0 bridgehead atoms. The summed E-state index contributed by atoms with van der Waals surface area (Å²) in [6, 6.07) is 9.74. The van der Waals surface area contributed by atoms with Crippen molar-refractivity contribution in [3.63, 3.8) is 0 Å². The molecular weight excluding hydrogens is 314 g/mol. The van der Waals surface area contributed by atoms with Gasteiger partial charge in [0.1, 0.15) is 5.75 Å². The molecular formula is C20H27N3O2. The molecule has 134 valence electrons. The molecule has 2 rings (SSSR count). The fourth-order valence-electron chi connectivity index (χ4n) is 2.61.